The van der Waals surface area contributed by atoms with Gasteiger partial charge in [0.2, 0.25) is 10.0 Å². The fourth-order valence-electron chi connectivity index (χ4n) is 3.31. The van der Waals surface area contributed by atoms with Gasteiger partial charge < -0.3 is 9.64 Å². The number of nitrogens with one attached hydrogen (secondary N) is 1. The van der Waals surface area contributed by atoms with Crippen LogP contribution in [-0.2, 0) is 24.3 Å². The molecule has 0 bridgehead atoms. The van der Waals surface area contributed by atoms with E-state index in [9.17, 15) is 18.0 Å². The van der Waals surface area contributed by atoms with E-state index in [2.05, 4.69) is 4.72 Å². The molecule has 8 heteroatoms. The van der Waals surface area contributed by atoms with Crippen LogP contribution in [0.5, 0.6) is 0 Å². The average molecular weight is 397 g/mol. The van der Waals surface area contributed by atoms with Gasteiger partial charge in [-0.1, -0.05) is 17.7 Å². The Morgan fingerprint density at radius 3 is 2.30 bits per heavy atom. The number of benzene rings is 1. The van der Waals surface area contributed by atoms with Gasteiger partial charge in [0.25, 0.3) is 5.91 Å². The van der Waals surface area contributed by atoms with E-state index in [1.54, 1.807) is 17.0 Å². The highest BCUT2D eigenvalue weighted by molar-refractivity contribution is 7.89. The van der Waals surface area contributed by atoms with E-state index < -0.39 is 22.0 Å². The first kappa shape index (κ1) is 21.4. The Morgan fingerprint density at radius 1 is 1.19 bits per heavy atom. The molecular weight excluding hydrogens is 368 g/mol. The molecule has 1 fully saturated rings. The van der Waals surface area contributed by atoms with Crippen LogP contribution >= 0.6 is 0 Å². The largest absolute Gasteiger partial charge is 0.454 e. The van der Waals surface area contributed by atoms with E-state index in [1.807, 2.05) is 20.8 Å². The van der Waals surface area contributed by atoms with Gasteiger partial charge in [-0.2, -0.15) is 4.72 Å². The number of sulfonamides is 1. The van der Waals surface area contributed by atoms with Gasteiger partial charge >= 0.3 is 5.97 Å². The number of aryl methyl sites for hydroxylation is 1. The number of nitrogens with zero attached hydrogens (tertiary/aromatic N) is 1. The summed E-state index contributed by atoms with van der Waals surface area (Å²) in [4.78, 5) is 26.3. The smallest absolute Gasteiger partial charge is 0.324 e. The molecule has 1 aromatic rings. The normalized spacial score (nSPS) is 21.6. The molecular formula is C19H28N2O5S. The van der Waals surface area contributed by atoms with Crippen LogP contribution in [0.2, 0.25) is 0 Å². The van der Waals surface area contributed by atoms with Gasteiger partial charge in [-0.15, -0.1) is 0 Å². The van der Waals surface area contributed by atoms with Crippen molar-refractivity contribution in [2.24, 2.45) is 0 Å². The van der Waals surface area contributed by atoms with Crippen molar-refractivity contribution >= 4 is 21.9 Å². The Morgan fingerprint density at radius 2 is 1.74 bits per heavy atom. The molecule has 2 rings (SSSR count). The van der Waals surface area contributed by atoms with E-state index in [0.717, 1.165) is 24.8 Å². The third kappa shape index (κ3) is 5.52. The van der Waals surface area contributed by atoms with Crippen molar-refractivity contribution in [3.05, 3.63) is 29.8 Å². The van der Waals surface area contributed by atoms with E-state index >= 15 is 0 Å². The van der Waals surface area contributed by atoms with Gasteiger partial charge in [-0.25, -0.2) is 8.42 Å². The average Bonchev–Trinajstić information content (AvgIpc) is 2.59. The highest BCUT2D eigenvalue weighted by Gasteiger charge is 2.30. The lowest BCUT2D eigenvalue weighted by Crippen LogP contribution is -2.49. The second-order valence-corrected chi connectivity index (χ2v) is 8.91. The number of ether oxygens (including phenoxy) is 1. The summed E-state index contributed by atoms with van der Waals surface area (Å²) in [6.07, 6.45) is 2.93. The summed E-state index contributed by atoms with van der Waals surface area (Å²) in [6, 6.07) is 5.42. The second-order valence-electron chi connectivity index (χ2n) is 7.19. The molecule has 3 atom stereocenters. The van der Waals surface area contributed by atoms with Crippen molar-refractivity contribution in [2.75, 3.05) is 6.61 Å². The number of carbonyl (C=O) groups excluding carboxylic acids is 2. The van der Waals surface area contributed by atoms with Crippen molar-refractivity contribution in [1.29, 1.82) is 0 Å². The summed E-state index contributed by atoms with van der Waals surface area (Å²) in [5, 5.41) is 0. The van der Waals surface area contributed by atoms with Crippen LogP contribution in [0.15, 0.2) is 29.2 Å². The monoisotopic (exact) mass is 396 g/mol. The quantitative estimate of drug-likeness (QED) is 0.743. The summed E-state index contributed by atoms with van der Waals surface area (Å²) < 4.78 is 32.0. The van der Waals surface area contributed by atoms with Crippen molar-refractivity contribution < 1.29 is 22.7 Å². The molecule has 27 heavy (non-hydrogen) atoms. The first-order valence-corrected chi connectivity index (χ1v) is 10.7. The van der Waals surface area contributed by atoms with Crippen LogP contribution < -0.4 is 4.72 Å². The number of carbonyl (C=O) groups is 2. The summed E-state index contributed by atoms with van der Waals surface area (Å²) in [5.41, 5.74) is 0.932. The third-order valence-electron chi connectivity index (χ3n) is 4.84. The minimum absolute atomic E-state index is 0.0693. The molecule has 1 amide bonds. The molecule has 0 aromatic heterocycles. The minimum atomic E-state index is -3.84. The lowest BCUT2D eigenvalue weighted by atomic mass is 9.97. The Bertz CT molecular complexity index is 766. The Balaban J connectivity index is 1.91. The van der Waals surface area contributed by atoms with Crippen LogP contribution in [0.3, 0.4) is 0 Å². The fourth-order valence-corrected chi connectivity index (χ4v) is 4.50. The number of amides is 1. The molecule has 1 heterocycles. The minimum Gasteiger partial charge on any atom is -0.454 e. The van der Waals surface area contributed by atoms with Crippen LogP contribution in [0, 0.1) is 6.92 Å². The highest BCUT2D eigenvalue weighted by atomic mass is 32.2. The van der Waals surface area contributed by atoms with Crippen LogP contribution in [-0.4, -0.2) is 49.9 Å². The molecule has 7 nitrogen and oxygen atoms in total. The predicted octanol–water partition coefficient (Wildman–Crippen LogP) is 1.99. The van der Waals surface area contributed by atoms with Gasteiger partial charge in [0.05, 0.1) is 4.90 Å². The fraction of sp³-hybridized carbons (Fsp3) is 0.579. The molecule has 1 N–H and O–H groups in total. The predicted molar refractivity (Wildman–Crippen MR) is 102 cm³/mol. The topological polar surface area (TPSA) is 92.8 Å². The van der Waals surface area contributed by atoms with E-state index in [4.69, 9.17) is 4.74 Å². The molecule has 0 radical (unpaired) electrons. The zero-order chi connectivity index (χ0) is 20.2. The zero-order valence-electron chi connectivity index (χ0n) is 16.3. The van der Waals surface area contributed by atoms with Gasteiger partial charge in [0, 0.05) is 12.1 Å². The summed E-state index contributed by atoms with van der Waals surface area (Å²) >= 11 is 0. The van der Waals surface area contributed by atoms with E-state index in [1.165, 1.54) is 19.1 Å². The van der Waals surface area contributed by atoms with Crippen LogP contribution in [0.25, 0.3) is 0 Å². The van der Waals surface area contributed by atoms with Gasteiger partial charge in [0.1, 0.15) is 6.04 Å². The summed E-state index contributed by atoms with van der Waals surface area (Å²) in [6.45, 7) is 6.82. The van der Waals surface area contributed by atoms with Crippen molar-refractivity contribution in [2.45, 2.75) is 70.0 Å². The SMILES string of the molecule is Cc1ccc(S(=O)(=O)N[C@@H](C)C(=O)OCC(=O)N2[C@H](C)CCC[C@H]2C)cc1. The number of hydrogen-bond acceptors (Lipinski definition) is 5. The maximum atomic E-state index is 12.4. The Labute approximate surface area is 161 Å². The number of hydrogen-bond donors (Lipinski definition) is 1. The number of esters is 1. The Kier molecular flexibility index (Phi) is 7.00. The molecule has 1 aliphatic rings. The standard InChI is InChI=1S/C19H28N2O5S/c1-13-8-10-17(11-9-13)27(24,25)20-16(4)19(23)26-12-18(22)21-14(2)6-5-7-15(21)3/h8-11,14-16,20H,5-7,12H2,1-4H3/t14-,15-,16+/m1/s1. The van der Waals surface area contributed by atoms with Crippen molar-refractivity contribution in [3.8, 4) is 0 Å². The number of likely N-dealkylation sites (tertiary alicyclic amines) is 1. The molecule has 0 unspecified atom stereocenters. The number of piperidine rings is 1. The van der Waals surface area contributed by atoms with Crippen molar-refractivity contribution in [3.63, 3.8) is 0 Å². The zero-order valence-corrected chi connectivity index (χ0v) is 17.1. The highest BCUT2D eigenvalue weighted by Crippen LogP contribution is 2.22. The molecule has 150 valence electrons. The molecule has 1 aromatic carbocycles. The third-order valence-corrected chi connectivity index (χ3v) is 6.39. The van der Waals surface area contributed by atoms with Gasteiger partial charge in [-0.05, 0) is 59.1 Å². The Hall–Kier alpha value is -1.93. The molecule has 0 spiro atoms. The molecule has 0 saturated carbocycles. The van der Waals surface area contributed by atoms with Crippen LogP contribution in [0.1, 0.15) is 45.6 Å². The second kappa shape index (κ2) is 8.84. The molecule has 1 saturated heterocycles. The van der Waals surface area contributed by atoms with E-state index in [-0.39, 0.29) is 29.5 Å². The first-order valence-electron chi connectivity index (χ1n) is 9.18. The maximum Gasteiger partial charge on any atom is 0.324 e. The lowest BCUT2D eigenvalue weighted by molar-refractivity contribution is -0.155. The summed E-state index contributed by atoms with van der Waals surface area (Å²) in [7, 11) is -3.84. The lowest BCUT2D eigenvalue weighted by Gasteiger charge is -2.38. The summed E-state index contributed by atoms with van der Waals surface area (Å²) in [5.74, 6) is -1.03. The van der Waals surface area contributed by atoms with Crippen LogP contribution in [0.4, 0.5) is 0 Å². The number of rotatable bonds is 6. The van der Waals surface area contributed by atoms with Gasteiger partial charge in [-0.3, -0.25) is 9.59 Å². The molecule has 1 aliphatic heterocycles. The first-order chi connectivity index (χ1) is 12.6. The van der Waals surface area contributed by atoms with Crippen molar-refractivity contribution in [1.82, 2.24) is 9.62 Å². The van der Waals surface area contributed by atoms with E-state index in [0.29, 0.717) is 0 Å². The maximum absolute atomic E-state index is 12.4. The molecule has 0 aliphatic carbocycles. The van der Waals surface area contributed by atoms with Gasteiger partial charge in [0.15, 0.2) is 6.61 Å².